The second-order valence-corrected chi connectivity index (χ2v) is 6.31. The van der Waals surface area contributed by atoms with E-state index in [1.165, 1.54) is 10.4 Å². The largest absolute Gasteiger partial charge is 0.508 e. The summed E-state index contributed by atoms with van der Waals surface area (Å²) in [5, 5.41) is 12.3. The summed E-state index contributed by atoms with van der Waals surface area (Å²) in [6, 6.07) is 9.75. The van der Waals surface area contributed by atoms with Crippen LogP contribution in [0, 0.1) is 0 Å². The minimum Gasteiger partial charge on any atom is -0.508 e. The third-order valence-electron chi connectivity index (χ3n) is 3.60. The van der Waals surface area contributed by atoms with E-state index >= 15 is 0 Å². The monoisotopic (exact) mass is 289 g/mol. The van der Waals surface area contributed by atoms with E-state index in [0.717, 1.165) is 23.5 Å². The van der Waals surface area contributed by atoms with Gasteiger partial charge in [0.1, 0.15) is 5.75 Å². The van der Waals surface area contributed by atoms with Crippen molar-refractivity contribution in [1.82, 2.24) is 4.90 Å². The van der Waals surface area contributed by atoms with Crippen molar-refractivity contribution in [3.8, 4) is 5.75 Å². The summed E-state index contributed by atoms with van der Waals surface area (Å²) >= 11 is 7.18. The molecule has 1 atom stereocenters. The molecule has 0 saturated carbocycles. The second kappa shape index (κ2) is 4.94. The second-order valence-electron chi connectivity index (χ2n) is 4.72. The molecule has 1 N–H and O–H groups in total. The zero-order valence-electron chi connectivity index (χ0n) is 10.7. The lowest BCUT2D eigenvalue weighted by atomic mass is 9.93. The highest BCUT2D eigenvalue weighted by atomic mass is 32.1. The van der Waals surface area contributed by atoms with Crippen molar-refractivity contribution in [2.75, 3.05) is 6.54 Å². The molecular formula is C15H15NOS2. The molecule has 2 heterocycles. The molecule has 2 nitrogen and oxygen atoms in total. The van der Waals surface area contributed by atoms with Crippen molar-refractivity contribution < 1.29 is 5.11 Å². The van der Waals surface area contributed by atoms with Gasteiger partial charge in [0.25, 0.3) is 0 Å². The first-order valence-corrected chi connectivity index (χ1v) is 7.58. The highest BCUT2D eigenvalue weighted by molar-refractivity contribution is 7.80. The van der Waals surface area contributed by atoms with Gasteiger partial charge in [-0.2, -0.15) is 0 Å². The normalized spacial score (nSPS) is 18.2. The average molecular weight is 289 g/mol. The van der Waals surface area contributed by atoms with Gasteiger partial charge < -0.3 is 10.0 Å². The molecule has 0 aliphatic carbocycles. The number of thiocarbonyl (C=S) groups is 1. The van der Waals surface area contributed by atoms with E-state index in [0.29, 0.717) is 5.75 Å². The van der Waals surface area contributed by atoms with Crippen LogP contribution in [0.3, 0.4) is 0 Å². The quantitative estimate of drug-likeness (QED) is 0.809. The van der Waals surface area contributed by atoms with Gasteiger partial charge in [0.05, 0.1) is 11.0 Å². The molecule has 2 aromatic rings. The number of rotatable bonds is 1. The number of fused-ring (bicyclic) bond motifs is 1. The molecule has 3 rings (SSSR count). The lowest BCUT2D eigenvalue weighted by Gasteiger charge is -2.37. The Balaban J connectivity index is 2.15. The zero-order chi connectivity index (χ0) is 13.4. The van der Waals surface area contributed by atoms with Gasteiger partial charge in [-0.15, -0.1) is 11.3 Å². The van der Waals surface area contributed by atoms with E-state index < -0.39 is 0 Å². The first-order valence-electron chi connectivity index (χ1n) is 6.30. The van der Waals surface area contributed by atoms with Crippen LogP contribution in [0.15, 0.2) is 35.7 Å². The standard InChI is InChI=1S/C15H15NOS2/c1-10(18)16-8-6-14-12(7-9-19-14)15(16)11-4-2-3-5-13(11)17/h2-5,7,9,15,17H,6,8H2,1H3. The maximum atomic E-state index is 10.2. The molecule has 1 unspecified atom stereocenters. The first-order chi connectivity index (χ1) is 9.18. The molecule has 0 bridgehead atoms. The van der Waals surface area contributed by atoms with Gasteiger partial charge in [0, 0.05) is 17.0 Å². The van der Waals surface area contributed by atoms with Crippen molar-refractivity contribution in [2.24, 2.45) is 0 Å². The summed E-state index contributed by atoms with van der Waals surface area (Å²) in [6.07, 6.45) is 1.03. The Bertz CT molecular complexity index is 620. The van der Waals surface area contributed by atoms with E-state index in [1.54, 1.807) is 17.4 Å². The van der Waals surface area contributed by atoms with Crippen LogP contribution in [0.25, 0.3) is 0 Å². The van der Waals surface area contributed by atoms with Crippen LogP contribution >= 0.6 is 23.6 Å². The molecule has 1 aliphatic rings. The van der Waals surface area contributed by atoms with Crippen molar-refractivity contribution >= 4 is 28.5 Å². The van der Waals surface area contributed by atoms with Crippen molar-refractivity contribution in [3.05, 3.63) is 51.7 Å². The molecule has 1 aromatic heterocycles. The minimum absolute atomic E-state index is 0.0497. The van der Waals surface area contributed by atoms with Crippen LogP contribution in [0.1, 0.15) is 29.0 Å². The topological polar surface area (TPSA) is 23.5 Å². The Hall–Kier alpha value is -1.39. The molecule has 19 heavy (non-hydrogen) atoms. The summed E-state index contributed by atoms with van der Waals surface area (Å²) in [7, 11) is 0. The van der Waals surface area contributed by atoms with Gasteiger partial charge >= 0.3 is 0 Å². The molecule has 1 aliphatic heterocycles. The average Bonchev–Trinajstić information content (AvgIpc) is 2.86. The van der Waals surface area contributed by atoms with Crippen molar-refractivity contribution in [1.29, 1.82) is 0 Å². The number of para-hydroxylation sites is 1. The van der Waals surface area contributed by atoms with Gasteiger partial charge in [-0.25, -0.2) is 0 Å². The van der Waals surface area contributed by atoms with Gasteiger partial charge in [-0.05, 0) is 36.4 Å². The molecule has 0 fully saturated rings. The number of thiophene rings is 1. The van der Waals surface area contributed by atoms with E-state index in [1.807, 2.05) is 25.1 Å². The lowest BCUT2D eigenvalue weighted by Crippen LogP contribution is -2.37. The fourth-order valence-electron chi connectivity index (χ4n) is 2.71. The fourth-order valence-corrected chi connectivity index (χ4v) is 3.81. The Morgan fingerprint density at radius 2 is 2.11 bits per heavy atom. The fraction of sp³-hybridized carbons (Fsp3) is 0.267. The number of nitrogens with zero attached hydrogens (tertiary/aromatic N) is 1. The number of benzene rings is 1. The first kappa shape index (κ1) is 12.6. The van der Waals surface area contributed by atoms with Crippen molar-refractivity contribution in [2.45, 2.75) is 19.4 Å². The van der Waals surface area contributed by atoms with E-state index in [4.69, 9.17) is 12.2 Å². The smallest absolute Gasteiger partial charge is 0.121 e. The molecular weight excluding hydrogens is 274 g/mol. The summed E-state index contributed by atoms with van der Waals surface area (Å²) < 4.78 is 0. The Labute approximate surface area is 122 Å². The van der Waals surface area contributed by atoms with Crippen molar-refractivity contribution in [3.63, 3.8) is 0 Å². The van der Waals surface area contributed by atoms with Crippen LogP contribution in [-0.4, -0.2) is 21.5 Å². The predicted molar refractivity (Wildman–Crippen MR) is 83.0 cm³/mol. The van der Waals surface area contributed by atoms with E-state index in [-0.39, 0.29) is 6.04 Å². The van der Waals surface area contributed by atoms with E-state index in [9.17, 15) is 5.11 Å². The third-order valence-corrected chi connectivity index (χ3v) is 4.83. The van der Waals surface area contributed by atoms with Crippen LogP contribution in [0.2, 0.25) is 0 Å². The van der Waals surface area contributed by atoms with Gasteiger partial charge in [0.2, 0.25) is 0 Å². The molecule has 0 spiro atoms. The van der Waals surface area contributed by atoms with Crippen LogP contribution in [0.5, 0.6) is 5.75 Å². The third kappa shape index (κ3) is 2.15. The number of phenolic OH excluding ortho intramolecular Hbond substituents is 1. The highest BCUT2D eigenvalue weighted by Gasteiger charge is 2.31. The van der Waals surface area contributed by atoms with Gasteiger partial charge in [0.15, 0.2) is 0 Å². The predicted octanol–water partition coefficient (Wildman–Crippen LogP) is 3.75. The molecule has 0 amide bonds. The molecule has 98 valence electrons. The highest BCUT2D eigenvalue weighted by Crippen LogP contribution is 2.40. The maximum absolute atomic E-state index is 10.2. The molecule has 0 saturated heterocycles. The molecule has 4 heteroatoms. The maximum Gasteiger partial charge on any atom is 0.121 e. The van der Waals surface area contributed by atoms with Crippen LogP contribution in [0.4, 0.5) is 0 Å². The number of hydrogen-bond acceptors (Lipinski definition) is 3. The Morgan fingerprint density at radius 1 is 1.32 bits per heavy atom. The van der Waals surface area contributed by atoms with E-state index in [2.05, 4.69) is 16.3 Å². The number of hydrogen-bond donors (Lipinski definition) is 1. The SMILES string of the molecule is CC(=S)N1CCc2sccc2C1c1ccccc1O. The summed E-state index contributed by atoms with van der Waals surface area (Å²) in [6.45, 7) is 2.88. The lowest BCUT2D eigenvalue weighted by molar-refractivity contribution is 0.335. The van der Waals surface area contributed by atoms with Crippen LogP contribution in [-0.2, 0) is 6.42 Å². The zero-order valence-corrected chi connectivity index (χ0v) is 12.3. The minimum atomic E-state index is 0.0497. The number of aromatic hydroxyl groups is 1. The Morgan fingerprint density at radius 3 is 2.84 bits per heavy atom. The summed E-state index contributed by atoms with van der Waals surface area (Å²) in [4.78, 5) is 4.49. The van der Waals surface area contributed by atoms with Gasteiger partial charge in [-0.1, -0.05) is 30.4 Å². The van der Waals surface area contributed by atoms with Crippen LogP contribution < -0.4 is 0 Å². The number of phenols is 1. The summed E-state index contributed by atoms with van der Waals surface area (Å²) in [5.41, 5.74) is 2.22. The summed E-state index contributed by atoms with van der Waals surface area (Å²) in [5.74, 6) is 0.341. The molecule has 1 aromatic carbocycles. The Kier molecular flexibility index (Phi) is 3.29. The molecule has 0 radical (unpaired) electrons. The van der Waals surface area contributed by atoms with Gasteiger partial charge in [-0.3, -0.25) is 0 Å².